The molecule has 0 saturated heterocycles. The summed E-state index contributed by atoms with van der Waals surface area (Å²) in [6, 6.07) is 16.3. The van der Waals surface area contributed by atoms with Gasteiger partial charge in [-0.2, -0.15) is 0 Å². The van der Waals surface area contributed by atoms with Crippen molar-refractivity contribution in [3.05, 3.63) is 96.7 Å². The van der Waals surface area contributed by atoms with E-state index in [1.807, 2.05) is 48.5 Å². The van der Waals surface area contributed by atoms with Gasteiger partial charge >= 0.3 is 5.97 Å². The first kappa shape index (κ1) is 26.2. The lowest BCUT2D eigenvalue weighted by molar-refractivity contribution is -0.139. The molecule has 3 aromatic carbocycles. The molecule has 0 spiro atoms. The van der Waals surface area contributed by atoms with E-state index in [2.05, 4.69) is 4.99 Å². The Hall–Kier alpha value is -4.37. The molecule has 0 radical (unpaired) electrons. The van der Waals surface area contributed by atoms with Gasteiger partial charge in [-0.3, -0.25) is 9.36 Å². The van der Waals surface area contributed by atoms with Crippen molar-refractivity contribution in [1.29, 1.82) is 0 Å². The van der Waals surface area contributed by atoms with E-state index in [1.54, 1.807) is 51.9 Å². The third-order valence-electron chi connectivity index (χ3n) is 6.66. The van der Waals surface area contributed by atoms with Crippen LogP contribution in [0.15, 0.2) is 75.7 Å². The molecule has 1 aromatic heterocycles. The summed E-state index contributed by atoms with van der Waals surface area (Å²) in [6.07, 6.45) is 1.76. The molecule has 0 aliphatic carbocycles. The lowest BCUT2D eigenvalue weighted by Crippen LogP contribution is -2.40. The number of rotatable bonds is 7. The molecule has 0 amide bonds. The topological polar surface area (TPSA) is 88.4 Å². The van der Waals surface area contributed by atoms with E-state index >= 15 is 0 Å². The van der Waals surface area contributed by atoms with E-state index in [1.165, 1.54) is 11.3 Å². The summed E-state index contributed by atoms with van der Waals surface area (Å²) < 4.78 is 24.2. The number of para-hydroxylation sites is 1. The highest BCUT2D eigenvalue weighted by Crippen LogP contribution is 2.40. The summed E-state index contributed by atoms with van der Waals surface area (Å²) in [4.78, 5) is 32.6. The molecule has 5 rings (SSSR count). The standard InChI is InChI=1S/C30H28N2O6S/c1-6-38-29(34)24-17(2)31-30-32(26(24)25-20-12-8-7-10-18(20)14-15-21(25)35-3)28(33)23(39-30)16-19-11-9-13-22(36-4)27(19)37-5/h7-16,26H,6H2,1-5H3/b23-16+/t26-/m1/s1. The number of carbonyl (C=O) groups is 1. The molecule has 0 bridgehead atoms. The molecule has 1 aliphatic heterocycles. The number of fused-ring (bicyclic) bond motifs is 2. The number of methoxy groups -OCH3 is 3. The highest BCUT2D eigenvalue weighted by Gasteiger charge is 2.36. The van der Waals surface area contributed by atoms with E-state index in [-0.39, 0.29) is 12.2 Å². The van der Waals surface area contributed by atoms with Gasteiger partial charge in [0, 0.05) is 11.1 Å². The number of carbonyl (C=O) groups excluding carboxylic acids is 1. The largest absolute Gasteiger partial charge is 0.496 e. The first-order chi connectivity index (χ1) is 18.9. The SMILES string of the molecule is CCOC(=O)C1=C(C)N=c2s/c(=C/c3cccc(OC)c3OC)c(=O)n2[C@H]1c1c(OC)ccc2ccccc12. The van der Waals surface area contributed by atoms with Crippen LogP contribution in [0.2, 0.25) is 0 Å². The van der Waals surface area contributed by atoms with Crippen molar-refractivity contribution in [2.75, 3.05) is 27.9 Å². The number of nitrogens with zero attached hydrogens (tertiary/aromatic N) is 2. The van der Waals surface area contributed by atoms with Gasteiger partial charge in [0.05, 0.1) is 43.7 Å². The molecule has 0 fully saturated rings. The summed E-state index contributed by atoms with van der Waals surface area (Å²) in [5.41, 5.74) is 1.87. The molecule has 9 heteroatoms. The zero-order valence-electron chi connectivity index (χ0n) is 22.3. The minimum absolute atomic E-state index is 0.190. The zero-order chi connectivity index (χ0) is 27.7. The van der Waals surface area contributed by atoms with Crippen molar-refractivity contribution in [1.82, 2.24) is 4.57 Å². The fourth-order valence-electron chi connectivity index (χ4n) is 4.97. The average molecular weight is 545 g/mol. The molecule has 2 heterocycles. The molecule has 1 atom stereocenters. The highest BCUT2D eigenvalue weighted by molar-refractivity contribution is 7.07. The maximum atomic E-state index is 14.1. The van der Waals surface area contributed by atoms with Crippen LogP contribution in [-0.2, 0) is 9.53 Å². The van der Waals surface area contributed by atoms with E-state index in [9.17, 15) is 9.59 Å². The van der Waals surface area contributed by atoms with E-state index in [0.29, 0.717) is 49.0 Å². The number of thiazole rings is 1. The lowest BCUT2D eigenvalue weighted by Gasteiger charge is -2.27. The second kappa shape index (κ2) is 10.8. The number of allylic oxidation sites excluding steroid dienone is 1. The quantitative estimate of drug-likeness (QED) is 0.327. The Labute approximate surface area is 229 Å². The minimum atomic E-state index is -0.810. The van der Waals surface area contributed by atoms with Gasteiger partial charge in [0.15, 0.2) is 16.3 Å². The first-order valence-corrected chi connectivity index (χ1v) is 13.2. The van der Waals surface area contributed by atoms with Crippen molar-refractivity contribution >= 4 is 34.2 Å². The molecular weight excluding hydrogens is 516 g/mol. The van der Waals surface area contributed by atoms with Gasteiger partial charge < -0.3 is 18.9 Å². The Morgan fingerprint density at radius 3 is 2.49 bits per heavy atom. The normalized spacial score (nSPS) is 15.1. The fraction of sp³-hybridized carbons (Fsp3) is 0.233. The Bertz CT molecular complexity index is 1800. The van der Waals surface area contributed by atoms with E-state index in [4.69, 9.17) is 18.9 Å². The second-order valence-electron chi connectivity index (χ2n) is 8.79. The highest BCUT2D eigenvalue weighted by atomic mass is 32.1. The van der Waals surface area contributed by atoms with Gasteiger partial charge in [0.1, 0.15) is 11.8 Å². The zero-order valence-corrected chi connectivity index (χ0v) is 23.1. The van der Waals surface area contributed by atoms with Crippen molar-refractivity contribution in [3.63, 3.8) is 0 Å². The summed E-state index contributed by atoms with van der Waals surface area (Å²) in [5.74, 6) is 1.10. The molecule has 0 saturated carbocycles. The Balaban J connectivity index is 1.85. The molecule has 1 aliphatic rings. The predicted molar refractivity (Wildman–Crippen MR) is 150 cm³/mol. The first-order valence-electron chi connectivity index (χ1n) is 12.4. The van der Waals surface area contributed by atoms with Gasteiger partial charge in [-0.25, -0.2) is 9.79 Å². The van der Waals surface area contributed by atoms with Crippen LogP contribution in [0.3, 0.4) is 0 Å². The summed E-state index contributed by atoms with van der Waals surface area (Å²) >= 11 is 1.24. The van der Waals surface area contributed by atoms with Gasteiger partial charge in [-0.1, -0.05) is 53.8 Å². The predicted octanol–water partition coefficient (Wildman–Crippen LogP) is 3.98. The summed E-state index contributed by atoms with van der Waals surface area (Å²) in [6.45, 7) is 3.70. The maximum Gasteiger partial charge on any atom is 0.338 e. The third kappa shape index (κ3) is 4.48. The van der Waals surface area contributed by atoms with Crippen LogP contribution in [0, 0.1) is 0 Å². The minimum Gasteiger partial charge on any atom is -0.496 e. The number of hydrogen-bond donors (Lipinski definition) is 0. The fourth-order valence-corrected chi connectivity index (χ4v) is 6.00. The van der Waals surface area contributed by atoms with Crippen LogP contribution in [-0.4, -0.2) is 38.5 Å². The molecule has 4 aromatic rings. The van der Waals surface area contributed by atoms with Crippen LogP contribution in [0.5, 0.6) is 17.2 Å². The monoisotopic (exact) mass is 544 g/mol. The summed E-state index contributed by atoms with van der Waals surface area (Å²) in [7, 11) is 4.69. The van der Waals surface area contributed by atoms with Crippen LogP contribution in [0.1, 0.15) is 31.0 Å². The lowest BCUT2D eigenvalue weighted by atomic mass is 9.90. The van der Waals surface area contributed by atoms with E-state index in [0.717, 1.165) is 10.8 Å². The molecule has 0 N–H and O–H groups in total. The van der Waals surface area contributed by atoms with E-state index < -0.39 is 12.0 Å². The van der Waals surface area contributed by atoms with Gasteiger partial charge in [-0.15, -0.1) is 0 Å². The number of ether oxygens (including phenoxy) is 4. The third-order valence-corrected chi connectivity index (χ3v) is 7.64. The molecule has 200 valence electrons. The van der Waals surface area contributed by atoms with Gasteiger partial charge in [-0.05, 0) is 42.8 Å². The molecular formula is C30H28N2O6S. The van der Waals surface area contributed by atoms with Crippen molar-refractivity contribution in [3.8, 4) is 17.2 Å². The Morgan fingerprint density at radius 2 is 1.77 bits per heavy atom. The smallest absolute Gasteiger partial charge is 0.338 e. The number of aromatic nitrogens is 1. The van der Waals surface area contributed by atoms with Crippen LogP contribution < -0.4 is 29.1 Å². The second-order valence-corrected chi connectivity index (χ2v) is 9.80. The van der Waals surface area contributed by atoms with Gasteiger partial charge in [0.25, 0.3) is 5.56 Å². The van der Waals surface area contributed by atoms with Crippen LogP contribution in [0.4, 0.5) is 0 Å². The van der Waals surface area contributed by atoms with Crippen molar-refractivity contribution in [2.45, 2.75) is 19.9 Å². The average Bonchev–Trinajstić information content (AvgIpc) is 3.25. The number of hydrogen-bond acceptors (Lipinski definition) is 8. The van der Waals surface area contributed by atoms with Crippen LogP contribution in [0.25, 0.3) is 16.8 Å². The number of benzene rings is 3. The van der Waals surface area contributed by atoms with Crippen LogP contribution >= 0.6 is 11.3 Å². The number of esters is 1. The molecule has 0 unspecified atom stereocenters. The van der Waals surface area contributed by atoms with Gasteiger partial charge in [0.2, 0.25) is 0 Å². The summed E-state index contributed by atoms with van der Waals surface area (Å²) in [5, 5.41) is 1.82. The Kier molecular flexibility index (Phi) is 7.26. The maximum absolute atomic E-state index is 14.1. The molecule has 39 heavy (non-hydrogen) atoms. The van der Waals surface area contributed by atoms with Crippen molar-refractivity contribution < 1.29 is 23.7 Å². The Morgan fingerprint density at radius 1 is 1.00 bits per heavy atom. The van der Waals surface area contributed by atoms with Crippen molar-refractivity contribution in [2.24, 2.45) is 4.99 Å². The molecule has 8 nitrogen and oxygen atoms in total.